The first kappa shape index (κ1) is 66.5. The maximum Gasteiger partial charge on any atom is 0.472 e. The minimum atomic E-state index is -4.32. The molecule has 0 heterocycles. The van der Waals surface area contributed by atoms with Crippen molar-refractivity contribution in [2.75, 3.05) is 40.9 Å². The Morgan fingerprint density at radius 2 is 0.716 bits per heavy atom. The van der Waals surface area contributed by atoms with Crippen molar-refractivity contribution in [1.29, 1.82) is 0 Å². The summed E-state index contributed by atoms with van der Waals surface area (Å²) in [5.41, 5.74) is 0. The smallest absolute Gasteiger partial charge is 0.391 e. The van der Waals surface area contributed by atoms with Gasteiger partial charge < -0.3 is 19.8 Å². The first-order chi connectivity index (χ1) is 32.5. The third-order valence-corrected chi connectivity index (χ3v) is 15.1. The van der Waals surface area contributed by atoms with Gasteiger partial charge in [-0.25, -0.2) is 4.57 Å². The highest BCUT2D eigenvalue weighted by Crippen LogP contribution is 2.43. The molecule has 402 valence electrons. The van der Waals surface area contributed by atoms with Gasteiger partial charge in [-0.2, -0.15) is 0 Å². The molecule has 1 amide bonds. The molecule has 3 N–H and O–H groups in total. The van der Waals surface area contributed by atoms with E-state index in [1.807, 2.05) is 21.1 Å². The molecule has 3 unspecified atom stereocenters. The summed E-state index contributed by atoms with van der Waals surface area (Å²) in [6, 6.07) is -0.755. The molecule has 0 bridgehead atoms. The number of phosphoric acid groups is 1. The third-order valence-electron chi connectivity index (χ3n) is 14.1. The molecule has 0 rings (SSSR count). The van der Waals surface area contributed by atoms with Gasteiger partial charge in [0.1, 0.15) is 13.2 Å². The molecule has 0 saturated heterocycles. The second-order valence-electron chi connectivity index (χ2n) is 22.1. The predicted molar refractivity (Wildman–Crippen MR) is 291 cm³/mol. The molecule has 0 saturated carbocycles. The van der Waals surface area contributed by atoms with E-state index in [0.717, 1.165) is 38.5 Å². The van der Waals surface area contributed by atoms with Crippen LogP contribution in [0.5, 0.6) is 0 Å². The number of aliphatic hydroxyl groups is 1. The molecule has 8 nitrogen and oxygen atoms in total. The number of nitrogens with one attached hydrogen (secondary N) is 1. The van der Waals surface area contributed by atoms with Crippen molar-refractivity contribution in [3.8, 4) is 0 Å². The summed E-state index contributed by atoms with van der Waals surface area (Å²) in [5.74, 6) is -0.136. The fraction of sp³-hybridized carbons (Fsp3) is 0.983. The van der Waals surface area contributed by atoms with Gasteiger partial charge in [-0.15, -0.1) is 0 Å². The van der Waals surface area contributed by atoms with Crippen LogP contribution < -0.4 is 5.32 Å². The maximum absolute atomic E-state index is 13.0. The zero-order valence-corrected chi connectivity index (χ0v) is 46.8. The molecule has 3 atom stereocenters. The molecule has 0 spiro atoms. The summed E-state index contributed by atoms with van der Waals surface area (Å²) < 4.78 is 23.8. The van der Waals surface area contributed by atoms with Crippen molar-refractivity contribution in [3.63, 3.8) is 0 Å². The lowest BCUT2D eigenvalue weighted by Gasteiger charge is -2.26. The fourth-order valence-electron chi connectivity index (χ4n) is 9.40. The molecular formula is C58H120N2O6P+. The molecular weight excluding hydrogens is 852 g/mol. The standard InChI is InChI=1S/C58H119N2O6P/c1-6-8-10-12-14-16-18-20-22-24-26-27-28-29-30-31-32-34-35-37-39-41-43-45-47-49-51-57(61)56(55-66-67(63,64)65-54-53-60(3,4)5)59-58(62)52-50-48-46-44-42-40-38-36-33-25-23-21-19-17-15-13-11-9-7-2/h56-57,61H,6-55H2,1-5H3,(H-,59,62,63,64)/p+1. The molecule has 0 aromatic heterocycles. The lowest BCUT2D eigenvalue weighted by molar-refractivity contribution is -0.870. The van der Waals surface area contributed by atoms with E-state index in [4.69, 9.17) is 9.05 Å². The Morgan fingerprint density at radius 3 is 1.00 bits per heavy atom. The van der Waals surface area contributed by atoms with E-state index in [0.29, 0.717) is 23.9 Å². The van der Waals surface area contributed by atoms with Gasteiger partial charge in [-0.05, 0) is 12.8 Å². The monoisotopic (exact) mass is 972 g/mol. The number of carbonyl (C=O) groups is 1. The Hall–Kier alpha value is -0.500. The van der Waals surface area contributed by atoms with Gasteiger partial charge in [0.25, 0.3) is 0 Å². The fourth-order valence-corrected chi connectivity index (χ4v) is 10.1. The van der Waals surface area contributed by atoms with Crippen LogP contribution in [0.2, 0.25) is 0 Å². The summed E-state index contributed by atoms with van der Waals surface area (Å²) >= 11 is 0. The number of amides is 1. The Labute approximate surface area is 419 Å². The van der Waals surface area contributed by atoms with Gasteiger partial charge >= 0.3 is 7.82 Å². The van der Waals surface area contributed by atoms with E-state index in [9.17, 15) is 19.4 Å². The number of unbranched alkanes of at least 4 members (excludes halogenated alkanes) is 43. The minimum Gasteiger partial charge on any atom is -0.391 e. The number of likely N-dealkylation sites (N-methyl/N-ethyl adjacent to an activating group) is 1. The van der Waals surface area contributed by atoms with Crippen LogP contribution in [-0.2, 0) is 18.4 Å². The Kier molecular flexibility index (Phi) is 50.1. The number of hydrogen-bond acceptors (Lipinski definition) is 5. The van der Waals surface area contributed by atoms with Gasteiger partial charge in [0.15, 0.2) is 0 Å². The number of phosphoric ester groups is 1. The lowest BCUT2D eigenvalue weighted by atomic mass is 10.0. The summed E-state index contributed by atoms with van der Waals surface area (Å²) in [7, 11) is 1.64. The minimum absolute atomic E-state index is 0.0792. The van der Waals surface area contributed by atoms with Gasteiger partial charge in [0.2, 0.25) is 5.91 Å². The number of rotatable bonds is 56. The molecule has 0 aliphatic heterocycles. The number of aliphatic hydroxyl groups excluding tert-OH is 1. The third kappa shape index (κ3) is 53.1. The van der Waals surface area contributed by atoms with Crippen LogP contribution in [0.4, 0.5) is 0 Å². The van der Waals surface area contributed by atoms with E-state index in [1.54, 1.807) is 0 Å². The first-order valence-electron chi connectivity index (χ1n) is 29.9. The number of quaternary nitrogens is 1. The lowest BCUT2D eigenvalue weighted by Crippen LogP contribution is -2.46. The second kappa shape index (κ2) is 50.4. The van der Waals surface area contributed by atoms with Crippen LogP contribution in [0, 0.1) is 0 Å². The summed E-state index contributed by atoms with van der Waals surface area (Å²) in [6.45, 7) is 4.95. The van der Waals surface area contributed by atoms with Crippen molar-refractivity contribution in [2.45, 2.75) is 328 Å². The van der Waals surface area contributed by atoms with Crippen LogP contribution in [0.15, 0.2) is 0 Å². The molecule has 0 fully saturated rings. The maximum atomic E-state index is 13.0. The van der Waals surface area contributed by atoms with E-state index in [-0.39, 0.29) is 19.1 Å². The van der Waals surface area contributed by atoms with E-state index < -0.39 is 20.0 Å². The number of carbonyl (C=O) groups excluding carboxylic acids is 1. The molecule has 9 heteroatoms. The van der Waals surface area contributed by atoms with Gasteiger partial charge in [0, 0.05) is 6.42 Å². The van der Waals surface area contributed by atoms with Crippen molar-refractivity contribution in [1.82, 2.24) is 5.32 Å². The molecule has 0 aromatic rings. The van der Waals surface area contributed by atoms with Crippen LogP contribution in [-0.4, -0.2) is 73.4 Å². The normalized spacial score (nSPS) is 13.8. The highest BCUT2D eigenvalue weighted by atomic mass is 31.2. The summed E-state index contributed by atoms with van der Waals surface area (Å²) in [4.78, 5) is 23.3. The summed E-state index contributed by atoms with van der Waals surface area (Å²) in [5, 5.41) is 14.1. The van der Waals surface area contributed by atoms with Crippen LogP contribution in [0.25, 0.3) is 0 Å². The van der Waals surface area contributed by atoms with Crippen LogP contribution in [0.1, 0.15) is 316 Å². The quantitative estimate of drug-likeness (QED) is 0.0319. The highest BCUT2D eigenvalue weighted by Gasteiger charge is 2.28. The molecule has 0 aromatic carbocycles. The van der Waals surface area contributed by atoms with Crippen LogP contribution >= 0.6 is 7.82 Å². The van der Waals surface area contributed by atoms with E-state index in [2.05, 4.69) is 19.2 Å². The van der Waals surface area contributed by atoms with Gasteiger partial charge in [-0.1, -0.05) is 296 Å². The molecule has 0 radical (unpaired) electrons. The Balaban J connectivity index is 4.09. The van der Waals surface area contributed by atoms with E-state index in [1.165, 1.54) is 250 Å². The van der Waals surface area contributed by atoms with Gasteiger partial charge in [0.05, 0.1) is 39.9 Å². The average Bonchev–Trinajstić information content (AvgIpc) is 3.29. The zero-order chi connectivity index (χ0) is 49.2. The number of hydrogen-bond donors (Lipinski definition) is 3. The average molecular weight is 973 g/mol. The molecule has 0 aliphatic rings. The van der Waals surface area contributed by atoms with Crippen molar-refractivity contribution in [3.05, 3.63) is 0 Å². The highest BCUT2D eigenvalue weighted by molar-refractivity contribution is 7.47. The Bertz CT molecular complexity index is 1060. The predicted octanol–water partition coefficient (Wildman–Crippen LogP) is 18.0. The zero-order valence-electron chi connectivity index (χ0n) is 45.9. The SMILES string of the molecule is CCCCCCCCCCCCCCCCCCCCCCCCCCCCC(O)C(COP(=O)(O)OCC[N+](C)(C)C)NC(=O)CCCCCCCCCCCCCCCCCCCCC. The Morgan fingerprint density at radius 1 is 0.448 bits per heavy atom. The number of nitrogens with zero attached hydrogens (tertiary/aromatic N) is 1. The van der Waals surface area contributed by atoms with Crippen molar-refractivity contribution in [2.24, 2.45) is 0 Å². The van der Waals surface area contributed by atoms with E-state index >= 15 is 0 Å². The van der Waals surface area contributed by atoms with Gasteiger partial charge in [-0.3, -0.25) is 13.8 Å². The van der Waals surface area contributed by atoms with Crippen LogP contribution in [0.3, 0.4) is 0 Å². The first-order valence-corrected chi connectivity index (χ1v) is 31.4. The molecule has 0 aliphatic carbocycles. The van der Waals surface area contributed by atoms with Crippen molar-refractivity contribution >= 4 is 13.7 Å². The summed E-state index contributed by atoms with van der Waals surface area (Å²) in [6.07, 6.45) is 60.2. The molecule has 67 heavy (non-hydrogen) atoms. The topological polar surface area (TPSA) is 105 Å². The van der Waals surface area contributed by atoms with Crippen molar-refractivity contribution < 1.29 is 32.9 Å². The largest absolute Gasteiger partial charge is 0.472 e. The second-order valence-corrected chi connectivity index (χ2v) is 23.5.